The summed E-state index contributed by atoms with van der Waals surface area (Å²) in [4.78, 5) is 35.5. The van der Waals surface area contributed by atoms with Crippen molar-refractivity contribution >= 4 is 35.4 Å². The highest BCUT2D eigenvalue weighted by molar-refractivity contribution is 6.31. The summed E-state index contributed by atoms with van der Waals surface area (Å²) in [6.07, 6.45) is 0.771. The molecule has 0 bridgehead atoms. The van der Waals surface area contributed by atoms with E-state index in [2.05, 4.69) is 21.9 Å². The third-order valence-electron chi connectivity index (χ3n) is 6.22. The van der Waals surface area contributed by atoms with Gasteiger partial charge in [0, 0.05) is 29.4 Å². The van der Waals surface area contributed by atoms with Crippen molar-refractivity contribution in [3.63, 3.8) is 0 Å². The number of likely N-dealkylation sites (tertiary alicyclic amines) is 1. The highest BCUT2D eigenvalue weighted by Gasteiger charge is 2.42. The Balaban J connectivity index is 1.55. The number of carbonyl (C=O) groups excluding carboxylic acids is 2. The van der Waals surface area contributed by atoms with Crippen LogP contribution in [0, 0.1) is 5.92 Å². The molecule has 2 aromatic rings. The number of anilines is 1. The Morgan fingerprint density at radius 1 is 1.27 bits per heavy atom. The summed E-state index contributed by atoms with van der Waals surface area (Å²) in [5.74, 6) is -0.526. The molecule has 4 rings (SSSR count). The molecule has 2 atom stereocenters. The number of H-pyrrole nitrogens is 1. The van der Waals surface area contributed by atoms with Crippen LogP contribution in [-0.2, 0) is 22.1 Å². The Labute approximate surface area is 217 Å². The Hall–Kier alpha value is -3.27. The second-order valence-corrected chi connectivity index (χ2v) is 10.6. The first-order valence-electron chi connectivity index (χ1n) is 11.8. The van der Waals surface area contributed by atoms with E-state index in [1.165, 1.54) is 11.0 Å². The van der Waals surface area contributed by atoms with Crippen LogP contribution in [0.4, 0.5) is 23.7 Å². The normalized spacial score (nSPS) is 19.5. The Morgan fingerprint density at radius 2 is 2.00 bits per heavy atom. The Morgan fingerprint density at radius 3 is 2.65 bits per heavy atom. The van der Waals surface area contributed by atoms with E-state index in [9.17, 15) is 22.8 Å². The second kappa shape index (κ2) is 9.89. The lowest BCUT2D eigenvalue weighted by atomic mass is 9.96. The van der Waals surface area contributed by atoms with Crippen molar-refractivity contribution in [2.45, 2.75) is 57.9 Å². The third-order valence-corrected chi connectivity index (χ3v) is 6.55. The van der Waals surface area contributed by atoms with Crippen LogP contribution in [0.3, 0.4) is 0 Å². The van der Waals surface area contributed by atoms with Gasteiger partial charge in [0.1, 0.15) is 11.4 Å². The van der Waals surface area contributed by atoms with Crippen molar-refractivity contribution in [2.24, 2.45) is 5.92 Å². The number of rotatable bonds is 4. The van der Waals surface area contributed by atoms with Crippen LogP contribution in [0.5, 0.6) is 0 Å². The summed E-state index contributed by atoms with van der Waals surface area (Å²) in [7, 11) is 0. The van der Waals surface area contributed by atoms with Crippen LogP contribution in [0.15, 0.2) is 36.4 Å². The molecule has 0 saturated carbocycles. The molecule has 11 heteroatoms. The Kier molecular flexibility index (Phi) is 7.16. The number of allylic oxidation sites excluding steroid dienone is 1. The minimum Gasteiger partial charge on any atom is -0.444 e. The number of nitrogens with one attached hydrogen (secondary N) is 2. The molecule has 0 radical (unpaired) electrons. The topological polar surface area (TPSA) is 87.3 Å². The average Bonchev–Trinajstić information content (AvgIpc) is 3.42. The van der Waals surface area contributed by atoms with Gasteiger partial charge in [-0.3, -0.25) is 9.69 Å². The molecule has 2 heterocycles. The lowest BCUT2D eigenvalue weighted by Crippen LogP contribution is -2.37. The molecule has 1 aliphatic carbocycles. The van der Waals surface area contributed by atoms with Crippen molar-refractivity contribution in [3.8, 4) is 0 Å². The molecule has 1 saturated heterocycles. The van der Waals surface area contributed by atoms with Crippen molar-refractivity contribution < 1.29 is 27.5 Å². The zero-order valence-corrected chi connectivity index (χ0v) is 21.5. The number of benzene rings is 1. The fraction of sp³-hybridized carbons (Fsp3) is 0.423. The molecule has 1 aromatic carbocycles. The lowest BCUT2D eigenvalue weighted by Gasteiger charge is -2.27. The quantitative estimate of drug-likeness (QED) is 0.435. The molecule has 2 amide bonds. The number of aryl methyl sites for hydroxylation is 1. The van der Waals surface area contributed by atoms with E-state index < -0.39 is 46.3 Å². The summed E-state index contributed by atoms with van der Waals surface area (Å²) >= 11 is 5.67. The number of aromatic amines is 1. The number of amides is 2. The predicted molar refractivity (Wildman–Crippen MR) is 134 cm³/mol. The summed E-state index contributed by atoms with van der Waals surface area (Å²) in [6, 6.07) is 2.65. The van der Waals surface area contributed by atoms with Gasteiger partial charge in [0.25, 0.3) is 5.91 Å². The SMILES string of the molecule is C=C(C(=O)Nc1ccc(Cl)c(C(F)(F)F)c1)[C@@H]1CC(c2nc3c([nH]2)CCC=C3)N(C(=O)OC(C)(C)C)C1. The fourth-order valence-electron chi connectivity index (χ4n) is 4.44. The van der Waals surface area contributed by atoms with Gasteiger partial charge in [-0.05, 0) is 64.3 Å². The molecular weight excluding hydrogens is 509 g/mol. The number of imidazole rings is 1. The highest BCUT2D eigenvalue weighted by atomic mass is 35.5. The van der Waals surface area contributed by atoms with Gasteiger partial charge < -0.3 is 15.0 Å². The number of carbonyl (C=O) groups is 2. The first-order valence-corrected chi connectivity index (χ1v) is 12.2. The zero-order chi connectivity index (χ0) is 27.1. The van der Waals surface area contributed by atoms with Crippen LogP contribution >= 0.6 is 11.6 Å². The smallest absolute Gasteiger partial charge is 0.417 e. The highest BCUT2D eigenvalue weighted by Crippen LogP contribution is 2.40. The van der Waals surface area contributed by atoms with Crippen LogP contribution in [0.2, 0.25) is 5.02 Å². The minimum atomic E-state index is -4.67. The number of hydrogen-bond donors (Lipinski definition) is 2. The molecule has 0 spiro atoms. The van der Waals surface area contributed by atoms with Crippen molar-refractivity contribution in [1.82, 2.24) is 14.9 Å². The van der Waals surface area contributed by atoms with Gasteiger partial charge in [-0.25, -0.2) is 9.78 Å². The molecule has 2 N–H and O–H groups in total. The van der Waals surface area contributed by atoms with Gasteiger partial charge in [0.15, 0.2) is 0 Å². The third kappa shape index (κ3) is 6.01. The second-order valence-electron chi connectivity index (χ2n) is 10.2. The summed E-state index contributed by atoms with van der Waals surface area (Å²) in [5.41, 5.74) is 0.0796. The van der Waals surface area contributed by atoms with Crippen molar-refractivity contribution in [1.29, 1.82) is 0 Å². The molecule has 1 fully saturated rings. The van der Waals surface area contributed by atoms with Gasteiger partial charge in [-0.1, -0.05) is 24.3 Å². The number of hydrogen-bond acceptors (Lipinski definition) is 4. The van der Waals surface area contributed by atoms with Gasteiger partial charge in [0.2, 0.25) is 0 Å². The van der Waals surface area contributed by atoms with E-state index in [1.807, 2.05) is 12.2 Å². The minimum absolute atomic E-state index is 0.0630. The summed E-state index contributed by atoms with van der Waals surface area (Å²) in [5, 5.41) is 2.00. The molecule has 1 unspecified atom stereocenters. The standard InChI is InChI=1S/C26H28ClF3N4O3/c1-14(23(35)31-16-9-10-18(27)17(12-16)26(28,29)30)15-11-21(34(13-15)24(36)37-25(2,3)4)22-32-19-7-5-6-8-20(19)33-22/h5,7,9-10,12,15,21H,1,6,8,11,13H2,2-4H3,(H,31,35)(H,32,33)/t15-,21?/m1/s1. The largest absolute Gasteiger partial charge is 0.444 e. The van der Waals surface area contributed by atoms with E-state index in [0.29, 0.717) is 12.2 Å². The molecule has 1 aromatic heterocycles. The first-order chi connectivity index (χ1) is 17.2. The van der Waals surface area contributed by atoms with E-state index in [4.69, 9.17) is 16.3 Å². The van der Waals surface area contributed by atoms with E-state index in [1.54, 1.807) is 20.8 Å². The van der Waals surface area contributed by atoms with E-state index >= 15 is 0 Å². The number of fused-ring (bicyclic) bond motifs is 1. The maximum Gasteiger partial charge on any atom is 0.417 e. The predicted octanol–water partition coefficient (Wildman–Crippen LogP) is 6.53. The van der Waals surface area contributed by atoms with Crippen LogP contribution < -0.4 is 5.32 Å². The summed E-state index contributed by atoms with van der Waals surface area (Å²) < 4.78 is 45.3. The average molecular weight is 537 g/mol. The van der Waals surface area contributed by atoms with Crippen molar-refractivity contribution in [2.75, 3.05) is 11.9 Å². The molecule has 37 heavy (non-hydrogen) atoms. The monoisotopic (exact) mass is 536 g/mol. The first kappa shape index (κ1) is 26.8. The number of aromatic nitrogens is 2. The maximum atomic E-state index is 13.2. The van der Waals surface area contributed by atoms with Crippen molar-refractivity contribution in [3.05, 3.63) is 64.2 Å². The van der Waals surface area contributed by atoms with Gasteiger partial charge in [0.05, 0.1) is 22.3 Å². The molecule has 198 valence electrons. The van der Waals surface area contributed by atoms with Gasteiger partial charge in [-0.2, -0.15) is 13.2 Å². The lowest BCUT2D eigenvalue weighted by molar-refractivity contribution is -0.137. The molecule has 1 aliphatic heterocycles. The van der Waals surface area contributed by atoms with E-state index in [-0.39, 0.29) is 17.8 Å². The molecule has 2 aliphatic rings. The fourth-order valence-corrected chi connectivity index (χ4v) is 4.66. The van der Waals surface area contributed by atoms with Crippen LogP contribution in [0.1, 0.15) is 62.4 Å². The van der Waals surface area contributed by atoms with Crippen LogP contribution in [0.25, 0.3) is 6.08 Å². The zero-order valence-electron chi connectivity index (χ0n) is 20.7. The van der Waals surface area contributed by atoms with E-state index in [0.717, 1.165) is 36.4 Å². The van der Waals surface area contributed by atoms with Crippen LogP contribution in [-0.4, -0.2) is 39.0 Å². The number of nitrogens with zero attached hydrogens (tertiary/aromatic N) is 2. The molecule has 7 nitrogen and oxygen atoms in total. The Bertz CT molecular complexity index is 1260. The van der Waals surface area contributed by atoms with Gasteiger partial charge in [-0.15, -0.1) is 0 Å². The summed E-state index contributed by atoms with van der Waals surface area (Å²) in [6.45, 7) is 9.33. The number of ether oxygens (including phenoxy) is 1. The number of alkyl halides is 3. The number of halogens is 4. The van der Waals surface area contributed by atoms with Gasteiger partial charge >= 0.3 is 12.3 Å². The maximum absolute atomic E-state index is 13.2. The molecular formula is C26H28ClF3N4O3.